The number of morpholine rings is 1. The topological polar surface area (TPSA) is 38.5 Å². The van der Waals surface area contributed by atoms with Gasteiger partial charge in [0.2, 0.25) is 0 Å². The largest absolute Gasteiger partial charge is 0.376 e. The SMILES string of the molecule is CCC1CN(C(c2cccc(Cl)c2)C(N)CC)CCO1. The first kappa shape index (κ1) is 15.8. The van der Waals surface area contributed by atoms with Gasteiger partial charge in [-0.3, -0.25) is 4.90 Å². The minimum atomic E-state index is 0.115. The van der Waals surface area contributed by atoms with Gasteiger partial charge in [-0.15, -0.1) is 0 Å². The van der Waals surface area contributed by atoms with Crippen LogP contribution in [0.15, 0.2) is 24.3 Å². The van der Waals surface area contributed by atoms with E-state index in [9.17, 15) is 0 Å². The van der Waals surface area contributed by atoms with Crippen molar-refractivity contribution in [1.82, 2.24) is 4.90 Å². The third-order valence-corrected chi connectivity index (χ3v) is 4.32. The molecule has 1 heterocycles. The summed E-state index contributed by atoms with van der Waals surface area (Å²) in [6.45, 7) is 6.97. The van der Waals surface area contributed by atoms with Crippen LogP contribution in [0.2, 0.25) is 5.02 Å². The molecule has 1 aromatic rings. The van der Waals surface area contributed by atoms with Gasteiger partial charge in [-0.25, -0.2) is 0 Å². The highest BCUT2D eigenvalue weighted by molar-refractivity contribution is 6.30. The lowest BCUT2D eigenvalue weighted by Crippen LogP contribution is -2.49. The number of hydrogen-bond acceptors (Lipinski definition) is 3. The Hall–Kier alpha value is -0.610. The minimum Gasteiger partial charge on any atom is -0.376 e. The highest BCUT2D eigenvalue weighted by atomic mass is 35.5. The zero-order chi connectivity index (χ0) is 14.5. The summed E-state index contributed by atoms with van der Waals surface area (Å²) in [7, 11) is 0. The Labute approximate surface area is 127 Å². The molecule has 0 radical (unpaired) electrons. The Morgan fingerprint density at radius 3 is 2.90 bits per heavy atom. The molecule has 112 valence electrons. The fraction of sp³-hybridized carbons (Fsp3) is 0.625. The smallest absolute Gasteiger partial charge is 0.0700 e. The molecule has 1 aliphatic heterocycles. The average molecular weight is 297 g/mol. The van der Waals surface area contributed by atoms with Gasteiger partial charge in [0.1, 0.15) is 0 Å². The summed E-state index contributed by atoms with van der Waals surface area (Å²) in [6.07, 6.45) is 2.31. The molecule has 3 unspecified atom stereocenters. The zero-order valence-electron chi connectivity index (χ0n) is 12.4. The summed E-state index contributed by atoms with van der Waals surface area (Å²) >= 11 is 6.15. The molecular formula is C16H25ClN2O. The first-order valence-corrected chi connectivity index (χ1v) is 7.90. The molecule has 0 amide bonds. The summed E-state index contributed by atoms with van der Waals surface area (Å²) in [4.78, 5) is 2.46. The molecule has 1 saturated heterocycles. The summed E-state index contributed by atoms with van der Waals surface area (Å²) in [6, 6.07) is 8.42. The van der Waals surface area contributed by atoms with E-state index >= 15 is 0 Å². The van der Waals surface area contributed by atoms with Crippen LogP contribution in [0.5, 0.6) is 0 Å². The summed E-state index contributed by atoms with van der Waals surface area (Å²) in [5.41, 5.74) is 7.60. The van der Waals surface area contributed by atoms with Crippen molar-refractivity contribution in [2.24, 2.45) is 5.73 Å². The first-order valence-electron chi connectivity index (χ1n) is 7.52. The van der Waals surface area contributed by atoms with Crippen LogP contribution >= 0.6 is 11.6 Å². The van der Waals surface area contributed by atoms with Crippen LogP contribution in [0.3, 0.4) is 0 Å². The van der Waals surface area contributed by atoms with Crippen molar-refractivity contribution in [2.75, 3.05) is 19.7 Å². The predicted octanol–water partition coefficient (Wildman–Crippen LogP) is 3.23. The van der Waals surface area contributed by atoms with Gasteiger partial charge in [0.15, 0.2) is 0 Å². The van der Waals surface area contributed by atoms with Crippen molar-refractivity contribution in [1.29, 1.82) is 0 Å². The van der Waals surface area contributed by atoms with Crippen molar-refractivity contribution in [3.05, 3.63) is 34.9 Å². The van der Waals surface area contributed by atoms with Gasteiger partial charge in [0, 0.05) is 24.2 Å². The number of benzene rings is 1. The van der Waals surface area contributed by atoms with E-state index in [-0.39, 0.29) is 12.1 Å². The van der Waals surface area contributed by atoms with Crippen molar-refractivity contribution in [2.45, 2.75) is 44.9 Å². The Bertz CT molecular complexity index is 427. The second kappa shape index (κ2) is 7.41. The van der Waals surface area contributed by atoms with E-state index in [1.54, 1.807) is 0 Å². The number of rotatable bonds is 5. The molecule has 0 spiro atoms. The van der Waals surface area contributed by atoms with Gasteiger partial charge in [-0.05, 0) is 30.5 Å². The maximum Gasteiger partial charge on any atom is 0.0700 e. The van der Waals surface area contributed by atoms with E-state index < -0.39 is 0 Å². The Morgan fingerprint density at radius 1 is 1.45 bits per heavy atom. The number of nitrogens with zero attached hydrogens (tertiary/aromatic N) is 1. The average Bonchev–Trinajstić information content (AvgIpc) is 2.47. The van der Waals surface area contributed by atoms with Crippen LogP contribution < -0.4 is 5.73 Å². The molecule has 4 heteroatoms. The van der Waals surface area contributed by atoms with E-state index in [1.165, 1.54) is 5.56 Å². The predicted molar refractivity (Wildman–Crippen MR) is 84.1 cm³/mol. The van der Waals surface area contributed by atoms with E-state index in [2.05, 4.69) is 24.8 Å². The fourth-order valence-corrected chi connectivity index (χ4v) is 3.08. The molecule has 2 rings (SSSR count). The number of halogens is 1. The van der Waals surface area contributed by atoms with Gasteiger partial charge in [-0.1, -0.05) is 37.6 Å². The molecule has 1 fully saturated rings. The monoisotopic (exact) mass is 296 g/mol. The molecule has 0 bridgehead atoms. The van der Waals surface area contributed by atoms with E-state index in [0.29, 0.717) is 6.10 Å². The van der Waals surface area contributed by atoms with Gasteiger partial charge < -0.3 is 10.5 Å². The normalized spacial score (nSPS) is 23.5. The van der Waals surface area contributed by atoms with Gasteiger partial charge >= 0.3 is 0 Å². The van der Waals surface area contributed by atoms with Crippen LogP contribution in [0.4, 0.5) is 0 Å². The standard InChI is InChI=1S/C16H25ClN2O/c1-3-14-11-19(8-9-20-14)16(15(18)4-2)12-6-5-7-13(17)10-12/h5-7,10,14-16H,3-4,8-9,11,18H2,1-2H3. The molecule has 2 N–H and O–H groups in total. The van der Waals surface area contributed by atoms with Crippen LogP contribution in [0, 0.1) is 0 Å². The molecule has 1 aliphatic rings. The third kappa shape index (κ3) is 3.73. The van der Waals surface area contributed by atoms with E-state index in [4.69, 9.17) is 22.1 Å². The number of ether oxygens (including phenoxy) is 1. The molecule has 3 nitrogen and oxygen atoms in total. The summed E-state index contributed by atoms with van der Waals surface area (Å²) < 4.78 is 5.77. The third-order valence-electron chi connectivity index (χ3n) is 4.09. The summed E-state index contributed by atoms with van der Waals surface area (Å²) in [5.74, 6) is 0. The molecule has 20 heavy (non-hydrogen) atoms. The van der Waals surface area contributed by atoms with Crippen LogP contribution in [-0.4, -0.2) is 36.7 Å². The maximum absolute atomic E-state index is 6.39. The van der Waals surface area contributed by atoms with Crippen molar-refractivity contribution >= 4 is 11.6 Å². The van der Waals surface area contributed by atoms with E-state index in [0.717, 1.165) is 37.6 Å². The Balaban J connectivity index is 2.23. The lowest BCUT2D eigenvalue weighted by Gasteiger charge is -2.40. The van der Waals surface area contributed by atoms with Crippen molar-refractivity contribution in [3.8, 4) is 0 Å². The highest BCUT2D eigenvalue weighted by Gasteiger charge is 2.30. The molecular weight excluding hydrogens is 272 g/mol. The lowest BCUT2D eigenvalue weighted by atomic mass is 9.95. The minimum absolute atomic E-state index is 0.115. The van der Waals surface area contributed by atoms with Gasteiger partial charge in [0.05, 0.1) is 18.8 Å². The first-order chi connectivity index (χ1) is 9.65. The molecule has 0 aromatic heterocycles. The van der Waals surface area contributed by atoms with Gasteiger partial charge in [-0.2, -0.15) is 0 Å². The van der Waals surface area contributed by atoms with Crippen LogP contribution in [0.1, 0.15) is 38.3 Å². The molecule has 0 saturated carbocycles. The van der Waals surface area contributed by atoms with E-state index in [1.807, 2.05) is 18.2 Å². The van der Waals surface area contributed by atoms with Gasteiger partial charge in [0.25, 0.3) is 0 Å². The second-order valence-corrected chi connectivity index (χ2v) is 5.90. The highest BCUT2D eigenvalue weighted by Crippen LogP contribution is 2.29. The quantitative estimate of drug-likeness (QED) is 0.906. The van der Waals surface area contributed by atoms with Crippen molar-refractivity contribution in [3.63, 3.8) is 0 Å². The van der Waals surface area contributed by atoms with Crippen molar-refractivity contribution < 1.29 is 4.74 Å². The van der Waals surface area contributed by atoms with Crippen LogP contribution in [-0.2, 0) is 4.74 Å². The molecule has 0 aliphatic carbocycles. The molecule has 1 aromatic carbocycles. The zero-order valence-corrected chi connectivity index (χ0v) is 13.1. The number of nitrogens with two attached hydrogens (primary N) is 1. The fourth-order valence-electron chi connectivity index (χ4n) is 2.88. The maximum atomic E-state index is 6.39. The lowest BCUT2D eigenvalue weighted by molar-refractivity contribution is -0.0486. The summed E-state index contributed by atoms with van der Waals surface area (Å²) in [5, 5.41) is 0.774. The Kier molecular flexibility index (Phi) is 5.85. The van der Waals surface area contributed by atoms with Crippen LogP contribution in [0.25, 0.3) is 0 Å². The number of hydrogen-bond donors (Lipinski definition) is 1. The molecule has 3 atom stereocenters. The second-order valence-electron chi connectivity index (χ2n) is 5.47. The Morgan fingerprint density at radius 2 is 2.25 bits per heavy atom.